The van der Waals surface area contributed by atoms with Crippen LogP contribution in [0.1, 0.15) is 43.4 Å². The molecule has 4 nitrogen and oxygen atoms in total. The SMILES string of the molecule is O=C(N[C@@H]1CCn2cncc2C1)C1(c2ccc(F)cc2F)CCCC1. The Balaban J connectivity index is 1.58. The molecule has 4 rings (SSSR count). The van der Waals surface area contributed by atoms with Crippen molar-refractivity contribution in [3.63, 3.8) is 0 Å². The fraction of sp³-hybridized carbons (Fsp3) is 0.474. The Morgan fingerprint density at radius 3 is 2.84 bits per heavy atom. The summed E-state index contributed by atoms with van der Waals surface area (Å²) in [4.78, 5) is 17.3. The highest BCUT2D eigenvalue weighted by molar-refractivity contribution is 5.89. The number of fused-ring (bicyclic) bond motifs is 1. The maximum atomic E-state index is 14.4. The second kappa shape index (κ2) is 6.24. The van der Waals surface area contributed by atoms with Gasteiger partial charge < -0.3 is 9.88 Å². The minimum Gasteiger partial charge on any atom is -0.352 e. The minimum atomic E-state index is -0.879. The molecule has 2 aliphatic rings. The smallest absolute Gasteiger partial charge is 0.230 e. The molecule has 0 saturated heterocycles. The van der Waals surface area contributed by atoms with Gasteiger partial charge in [-0.2, -0.15) is 0 Å². The maximum absolute atomic E-state index is 14.4. The van der Waals surface area contributed by atoms with Gasteiger partial charge in [0.25, 0.3) is 0 Å². The van der Waals surface area contributed by atoms with Crippen LogP contribution >= 0.6 is 0 Å². The number of carbonyl (C=O) groups excluding carboxylic acids is 1. The number of aryl methyl sites for hydroxylation is 1. The first-order valence-corrected chi connectivity index (χ1v) is 8.84. The molecule has 1 fully saturated rings. The van der Waals surface area contributed by atoms with Crippen molar-refractivity contribution in [2.24, 2.45) is 0 Å². The number of halogens is 2. The summed E-state index contributed by atoms with van der Waals surface area (Å²) in [5, 5.41) is 3.13. The molecular weight excluding hydrogens is 324 g/mol. The quantitative estimate of drug-likeness (QED) is 0.929. The predicted molar refractivity (Wildman–Crippen MR) is 89.0 cm³/mol. The summed E-state index contributed by atoms with van der Waals surface area (Å²) >= 11 is 0. The first-order valence-electron chi connectivity index (χ1n) is 8.84. The first-order chi connectivity index (χ1) is 12.1. The zero-order valence-corrected chi connectivity index (χ0v) is 14.0. The Kier molecular flexibility index (Phi) is 4.06. The number of carbonyl (C=O) groups is 1. The van der Waals surface area contributed by atoms with Gasteiger partial charge in [-0.25, -0.2) is 13.8 Å². The highest BCUT2D eigenvalue weighted by Gasteiger charge is 2.45. The molecule has 25 heavy (non-hydrogen) atoms. The summed E-state index contributed by atoms with van der Waals surface area (Å²) in [7, 11) is 0. The molecule has 1 saturated carbocycles. The highest BCUT2D eigenvalue weighted by Crippen LogP contribution is 2.42. The van der Waals surface area contributed by atoms with Crippen LogP contribution in [0.5, 0.6) is 0 Å². The van der Waals surface area contributed by atoms with Gasteiger partial charge in [0.05, 0.1) is 11.7 Å². The van der Waals surface area contributed by atoms with E-state index < -0.39 is 17.0 Å². The van der Waals surface area contributed by atoms with E-state index in [0.717, 1.165) is 44.0 Å². The van der Waals surface area contributed by atoms with E-state index >= 15 is 0 Å². The van der Waals surface area contributed by atoms with Crippen molar-refractivity contribution in [2.45, 2.75) is 56.5 Å². The number of hydrogen-bond donors (Lipinski definition) is 1. The molecule has 1 aromatic carbocycles. The van der Waals surface area contributed by atoms with Crippen LogP contribution in [0.2, 0.25) is 0 Å². The number of benzene rings is 1. The van der Waals surface area contributed by atoms with Gasteiger partial charge in [0, 0.05) is 42.5 Å². The van der Waals surface area contributed by atoms with Crippen LogP contribution in [0.15, 0.2) is 30.7 Å². The molecule has 0 bridgehead atoms. The van der Waals surface area contributed by atoms with Gasteiger partial charge in [-0.05, 0) is 25.3 Å². The number of nitrogens with zero attached hydrogens (tertiary/aromatic N) is 2. The fourth-order valence-electron chi connectivity index (χ4n) is 4.29. The summed E-state index contributed by atoms with van der Waals surface area (Å²) in [6, 6.07) is 3.58. The molecule has 1 aliphatic heterocycles. The molecule has 2 aromatic rings. The molecule has 0 radical (unpaired) electrons. The van der Waals surface area contributed by atoms with Crippen LogP contribution in [0.3, 0.4) is 0 Å². The lowest BCUT2D eigenvalue weighted by molar-refractivity contribution is -0.127. The van der Waals surface area contributed by atoms with Gasteiger partial charge in [-0.3, -0.25) is 4.79 Å². The first kappa shape index (κ1) is 16.2. The molecule has 0 unspecified atom stereocenters. The number of imidazole rings is 1. The van der Waals surface area contributed by atoms with Crippen molar-refractivity contribution in [2.75, 3.05) is 0 Å². The van der Waals surface area contributed by atoms with E-state index in [1.807, 2.05) is 6.20 Å². The van der Waals surface area contributed by atoms with Crippen LogP contribution in [-0.2, 0) is 23.2 Å². The van der Waals surface area contributed by atoms with E-state index in [2.05, 4.69) is 14.9 Å². The van der Waals surface area contributed by atoms with Gasteiger partial charge in [0.15, 0.2) is 0 Å². The van der Waals surface area contributed by atoms with Crippen LogP contribution in [0, 0.1) is 11.6 Å². The monoisotopic (exact) mass is 345 g/mol. The van der Waals surface area contributed by atoms with Crippen LogP contribution in [-0.4, -0.2) is 21.5 Å². The summed E-state index contributed by atoms with van der Waals surface area (Å²) in [6.45, 7) is 0.818. The van der Waals surface area contributed by atoms with Crippen LogP contribution < -0.4 is 5.32 Å². The zero-order valence-electron chi connectivity index (χ0n) is 14.0. The maximum Gasteiger partial charge on any atom is 0.230 e. The van der Waals surface area contributed by atoms with E-state index in [1.54, 1.807) is 6.33 Å². The van der Waals surface area contributed by atoms with Crippen molar-refractivity contribution in [1.29, 1.82) is 0 Å². The Hall–Kier alpha value is -2.24. The normalized spacial score (nSPS) is 21.8. The summed E-state index contributed by atoms with van der Waals surface area (Å²) in [5.41, 5.74) is 0.546. The fourth-order valence-corrected chi connectivity index (χ4v) is 4.29. The van der Waals surface area contributed by atoms with Crippen molar-refractivity contribution >= 4 is 5.91 Å². The number of rotatable bonds is 3. The van der Waals surface area contributed by atoms with Gasteiger partial charge >= 0.3 is 0 Å². The molecule has 1 aromatic heterocycles. The standard InChI is InChI=1S/C19H21F2N3O/c20-13-3-4-16(17(21)9-13)19(6-1-2-7-19)18(25)23-14-5-8-24-12-22-11-15(24)10-14/h3-4,9,11-12,14H,1-2,5-8,10H2,(H,23,25)/t14-/m1/s1. The number of nitrogens with one attached hydrogen (secondary N) is 1. The Bertz CT molecular complexity index is 796. The lowest BCUT2D eigenvalue weighted by Crippen LogP contribution is -2.49. The number of hydrogen-bond acceptors (Lipinski definition) is 2. The van der Waals surface area contributed by atoms with Crippen molar-refractivity contribution in [3.8, 4) is 0 Å². The average molecular weight is 345 g/mol. The van der Waals surface area contributed by atoms with Gasteiger partial charge in [0.2, 0.25) is 5.91 Å². The Morgan fingerprint density at radius 2 is 2.08 bits per heavy atom. The number of aromatic nitrogens is 2. The molecule has 2 heterocycles. The largest absolute Gasteiger partial charge is 0.352 e. The second-order valence-electron chi connectivity index (χ2n) is 7.15. The third-order valence-corrected chi connectivity index (χ3v) is 5.65. The minimum absolute atomic E-state index is 0.0256. The van der Waals surface area contributed by atoms with Crippen molar-refractivity contribution < 1.29 is 13.6 Å². The van der Waals surface area contributed by atoms with Gasteiger partial charge in [-0.1, -0.05) is 18.9 Å². The van der Waals surface area contributed by atoms with E-state index in [1.165, 1.54) is 12.1 Å². The lowest BCUT2D eigenvalue weighted by atomic mass is 9.77. The Morgan fingerprint density at radius 1 is 1.28 bits per heavy atom. The van der Waals surface area contributed by atoms with E-state index in [9.17, 15) is 13.6 Å². The van der Waals surface area contributed by atoms with Gasteiger partial charge in [-0.15, -0.1) is 0 Å². The summed E-state index contributed by atoms with van der Waals surface area (Å²) in [6.07, 6.45) is 8.15. The third kappa shape index (κ3) is 2.83. The van der Waals surface area contributed by atoms with E-state index in [4.69, 9.17) is 0 Å². The number of amides is 1. The Labute approximate surface area is 145 Å². The predicted octanol–water partition coefficient (Wildman–Crippen LogP) is 3.10. The van der Waals surface area contributed by atoms with E-state index in [0.29, 0.717) is 18.4 Å². The van der Waals surface area contributed by atoms with E-state index in [-0.39, 0.29) is 11.9 Å². The molecule has 6 heteroatoms. The molecule has 1 amide bonds. The molecule has 1 aliphatic carbocycles. The molecule has 0 spiro atoms. The van der Waals surface area contributed by atoms with Crippen molar-refractivity contribution in [3.05, 3.63) is 53.6 Å². The second-order valence-corrected chi connectivity index (χ2v) is 7.15. The topological polar surface area (TPSA) is 46.9 Å². The summed E-state index contributed by atoms with van der Waals surface area (Å²) in [5.74, 6) is -1.37. The zero-order chi connectivity index (χ0) is 17.4. The molecule has 1 atom stereocenters. The van der Waals surface area contributed by atoms with Crippen LogP contribution in [0.25, 0.3) is 0 Å². The summed E-state index contributed by atoms with van der Waals surface area (Å²) < 4.78 is 29.8. The van der Waals surface area contributed by atoms with Gasteiger partial charge in [0.1, 0.15) is 11.6 Å². The third-order valence-electron chi connectivity index (χ3n) is 5.65. The molecule has 132 valence electrons. The molecule has 1 N–H and O–H groups in total. The van der Waals surface area contributed by atoms with Crippen molar-refractivity contribution in [1.82, 2.24) is 14.9 Å². The molecular formula is C19H21F2N3O. The average Bonchev–Trinajstić information content (AvgIpc) is 3.24. The lowest BCUT2D eigenvalue weighted by Gasteiger charge is -2.32. The van der Waals surface area contributed by atoms with Crippen LogP contribution in [0.4, 0.5) is 8.78 Å². The highest BCUT2D eigenvalue weighted by atomic mass is 19.1.